The normalized spacial score (nSPS) is 11.2. The summed E-state index contributed by atoms with van der Waals surface area (Å²) in [7, 11) is 0. The average molecular weight is 284 g/mol. The Morgan fingerprint density at radius 3 is 2.57 bits per heavy atom. The molecule has 0 unspecified atom stereocenters. The molecule has 0 aliphatic heterocycles. The molecule has 0 radical (unpaired) electrons. The van der Waals surface area contributed by atoms with Crippen LogP contribution in [0, 0.1) is 0 Å². The summed E-state index contributed by atoms with van der Waals surface area (Å²) in [5.74, 6) is 1.53. The van der Waals surface area contributed by atoms with Crippen LogP contribution in [0.25, 0.3) is 0 Å². The van der Waals surface area contributed by atoms with Crippen molar-refractivity contribution in [3.8, 4) is 0 Å². The molecular weight excluding hydrogens is 260 g/mol. The van der Waals surface area contributed by atoms with Gasteiger partial charge >= 0.3 is 0 Å². The highest BCUT2D eigenvalue weighted by atomic mass is 15.1. The average Bonchev–Trinajstić information content (AvgIpc) is 2.47. The fraction of sp³-hybridized carbons (Fsp3) is 0.412. The maximum Gasteiger partial charge on any atom is 0.224 e. The number of rotatable bonds is 7. The number of aromatic nitrogens is 2. The number of aryl methyl sites for hydroxylation is 1. The molecule has 4 heteroatoms. The molecule has 1 aromatic heterocycles. The van der Waals surface area contributed by atoms with Crippen LogP contribution in [-0.4, -0.2) is 22.1 Å². The van der Waals surface area contributed by atoms with E-state index in [2.05, 4.69) is 64.8 Å². The highest BCUT2D eigenvalue weighted by molar-refractivity contribution is 5.41. The van der Waals surface area contributed by atoms with E-state index >= 15 is 0 Å². The van der Waals surface area contributed by atoms with Crippen molar-refractivity contribution in [2.24, 2.45) is 0 Å². The molecule has 0 bridgehead atoms. The highest BCUT2D eigenvalue weighted by Crippen LogP contribution is 2.19. The first-order valence-corrected chi connectivity index (χ1v) is 7.48. The van der Waals surface area contributed by atoms with Crippen molar-refractivity contribution in [2.75, 3.05) is 17.2 Å². The van der Waals surface area contributed by atoms with E-state index in [0.717, 1.165) is 25.2 Å². The van der Waals surface area contributed by atoms with Crippen molar-refractivity contribution < 1.29 is 0 Å². The number of hydrogen-bond donors (Lipinski definition) is 2. The summed E-state index contributed by atoms with van der Waals surface area (Å²) in [6, 6.07) is 12.5. The highest BCUT2D eigenvalue weighted by Gasteiger charge is 2.18. The zero-order valence-electron chi connectivity index (χ0n) is 13.1. The van der Waals surface area contributed by atoms with Gasteiger partial charge in [0.25, 0.3) is 0 Å². The molecule has 21 heavy (non-hydrogen) atoms. The zero-order chi connectivity index (χ0) is 15.1. The van der Waals surface area contributed by atoms with E-state index in [0.29, 0.717) is 5.95 Å². The molecule has 1 aromatic carbocycles. The molecule has 1 heterocycles. The van der Waals surface area contributed by atoms with E-state index in [4.69, 9.17) is 0 Å². The number of anilines is 2. The fourth-order valence-electron chi connectivity index (χ4n) is 2.18. The Balaban J connectivity index is 1.95. The molecule has 0 aliphatic carbocycles. The van der Waals surface area contributed by atoms with Gasteiger partial charge in [0.2, 0.25) is 5.95 Å². The molecule has 0 spiro atoms. The maximum atomic E-state index is 4.47. The molecule has 0 saturated heterocycles. The Hall–Kier alpha value is -2.10. The van der Waals surface area contributed by atoms with Crippen molar-refractivity contribution in [1.29, 1.82) is 0 Å². The molecule has 2 rings (SSSR count). The van der Waals surface area contributed by atoms with Gasteiger partial charge in [0.1, 0.15) is 5.82 Å². The molecule has 4 nitrogen and oxygen atoms in total. The number of hydrogen-bond acceptors (Lipinski definition) is 4. The van der Waals surface area contributed by atoms with E-state index in [-0.39, 0.29) is 5.54 Å². The molecule has 0 atom stereocenters. The van der Waals surface area contributed by atoms with Crippen molar-refractivity contribution in [2.45, 2.75) is 39.2 Å². The Bertz CT molecular complexity index is 552. The monoisotopic (exact) mass is 284 g/mol. The van der Waals surface area contributed by atoms with Gasteiger partial charge in [0.05, 0.1) is 0 Å². The van der Waals surface area contributed by atoms with Crippen molar-refractivity contribution in [3.63, 3.8) is 0 Å². The van der Waals surface area contributed by atoms with E-state index in [1.165, 1.54) is 5.56 Å². The second-order valence-electron chi connectivity index (χ2n) is 5.79. The second-order valence-corrected chi connectivity index (χ2v) is 5.79. The summed E-state index contributed by atoms with van der Waals surface area (Å²) in [6.45, 7) is 7.25. The molecule has 0 fully saturated rings. The van der Waals surface area contributed by atoms with Crippen LogP contribution < -0.4 is 10.6 Å². The molecular formula is C17H24N4. The van der Waals surface area contributed by atoms with Crippen molar-refractivity contribution in [3.05, 3.63) is 48.2 Å². The van der Waals surface area contributed by atoms with Crippen LogP contribution in [0.1, 0.15) is 32.8 Å². The predicted molar refractivity (Wildman–Crippen MR) is 88.7 cm³/mol. The minimum Gasteiger partial charge on any atom is -0.365 e. The molecule has 112 valence electrons. The lowest BCUT2D eigenvalue weighted by atomic mass is 9.95. The van der Waals surface area contributed by atoms with Crippen LogP contribution in [-0.2, 0) is 6.42 Å². The fourth-order valence-corrected chi connectivity index (χ4v) is 2.18. The van der Waals surface area contributed by atoms with Gasteiger partial charge in [-0.2, -0.15) is 4.98 Å². The van der Waals surface area contributed by atoms with Crippen molar-refractivity contribution >= 4 is 11.8 Å². The first-order valence-electron chi connectivity index (χ1n) is 7.48. The Morgan fingerprint density at radius 2 is 1.86 bits per heavy atom. The van der Waals surface area contributed by atoms with Gasteiger partial charge in [-0.1, -0.05) is 30.3 Å². The Kier molecular flexibility index (Phi) is 5.14. The van der Waals surface area contributed by atoms with Gasteiger partial charge in [0.15, 0.2) is 0 Å². The zero-order valence-corrected chi connectivity index (χ0v) is 13.1. The summed E-state index contributed by atoms with van der Waals surface area (Å²) in [6.07, 6.45) is 3.87. The predicted octanol–water partition coefficient (Wildman–Crippen LogP) is 3.73. The summed E-state index contributed by atoms with van der Waals surface area (Å²) in [5, 5.41) is 6.63. The van der Waals surface area contributed by atoms with Gasteiger partial charge in [0, 0.05) is 18.3 Å². The topological polar surface area (TPSA) is 49.8 Å². The van der Waals surface area contributed by atoms with Crippen molar-refractivity contribution in [1.82, 2.24) is 9.97 Å². The van der Waals surface area contributed by atoms with Crippen LogP contribution in [0.4, 0.5) is 11.8 Å². The molecule has 2 N–H and O–H groups in total. The first-order chi connectivity index (χ1) is 10.1. The van der Waals surface area contributed by atoms with Gasteiger partial charge in [-0.15, -0.1) is 0 Å². The summed E-state index contributed by atoms with van der Waals surface area (Å²) in [4.78, 5) is 8.66. The van der Waals surface area contributed by atoms with Crippen LogP contribution in [0.3, 0.4) is 0 Å². The minimum absolute atomic E-state index is 0.0202. The van der Waals surface area contributed by atoms with Crippen LogP contribution in [0.5, 0.6) is 0 Å². The third-order valence-electron chi connectivity index (χ3n) is 3.34. The smallest absolute Gasteiger partial charge is 0.224 e. The first kappa shape index (κ1) is 15.3. The van der Waals surface area contributed by atoms with Crippen LogP contribution >= 0.6 is 0 Å². The molecule has 0 amide bonds. The minimum atomic E-state index is -0.0202. The lowest BCUT2D eigenvalue weighted by molar-refractivity contribution is 0.516. The number of benzene rings is 1. The van der Waals surface area contributed by atoms with E-state index in [9.17, 15) is 0 Å². The van der Waals surface area contributed by atoms with E-state index in [1.807, 2.05) is 13.0 Å². The van der Waals surface area contributed by atoms with E-state index < -0.39 is 0 Å². The quantitative estimate of drug-likeness (QED) is 0.813. The van der Waals surface area contributed by atoms with Gasteiger partial charge in [-0.25, -0.2) is 4.98 Å². The lowest BCUT2D eigenvalue weighted by Gasteiger charge is -2.27. The largest absolute Gasteiger partial charge is 0.365 e. The van der Waals surface area contributed by atoms with Crippen LogP contribution in [0.15, 0.2) is 42.6 Å². The van der Waals surface area contributed by atoms with Crippen LogP contribution in [0.2, 0.25) is 0 Å². The SMILES string of the molecule is CCNc1nccc(NC(C)(C)CCc2ccccc2)n1. The summed E-state index contributed by atoms with van der Waals surface area (Å²) < 4.78 is 0. The van der Waals surface area contributed by atoms with E-state index in [1.54, 1.807) is 6.20 Å². The van der Waals surface area contributed by atoms with Gasteiger partial charge in [-0.3, -0.25) is 0 Å². The number of nitrogens with one attached hydrogen (secondary N) is 2. The molecule has 0 saturated carbocycles. The summed E-state index contributed by atoms with van der Waals surface area (Å²) >= 11 is 0. The molecule has 0 aliphatic rings. The van der Waals surface area contributed by atoms with Gasteiger partial charge in [-0.05, 0) is 45.2 Å². The Morgan fingerprint density at radius 1 is 1.10 bits per heavy atom. The lowest BCUT2D eigenvalue weighted by Crippen LogP contribution is -2.32. The Labute approximate surface area is 127 Å². The molecule has 2 aromatic rings. The van der Waals surface area contributed by atoms with Gasteiger partial charge < -0.3 is 10.6 Å². The second kappa shape index (κ2) is 7.07. The third-order valence-corrected chi connectivity index (χ3v) is 3.34. The third kappa shape index (κ3) is 5.06. The number of nitrogens with zero attached hydrogens (tertiary/aromatic N) is 2. The maximum absolute atomic E-state index is 4.47. The summed E-state index contributed by atoms with van der Waals surface area (Å²) in [5.41, 5.74) is 1.34. The standard InChI is InChI=1S/C17H24N4/c1-4-18-16-19-13-11-15(20-16)21-17(2,3)12-10-14-8-6-5-7-9-14/h5-9,11,13H,4,10,12H2,1-3H3,(H2,18,19,20,21).